The number of rotatable bonds is 2. The van der Waals surface area contributed by atoms with Crippen LogP contribution >= 0.6 is 0 Å². The summed E-state index contributed by atoms with van der Waals surface area (Å²) in [6.45, 7) is 2.74. The zero-order valence-corrected chi connectivity index (χ0v) is 14.7. The first-order valence-electron chi connectivity index (χ1n) is 5.87. The van der Waals surface area contributed by atoms with Gasteiger partial charge in [-0.1, -0.05) is 0 Å². The molecule has 0 aromatic heterocycles. The third-order valence-corrected chi connectivity index (χ3v) is 1.90. The number of hydrogen-bond donors (Lipinski definition) is 0. The van der Waals surface area contributed by atoms with Crippen LogP contribution in [0, 0.1) is 12.1 Å². The summed E-state index contributed by atoms with van der Waals surface area (Å²) in [5.41, 5.74) is 0. The summed E-state index contributed by atoms with van der Waals surface area (Å²) in [7, 11) is 0. The topological polar surface area (TPSA) is 52.6 Å². The third-order valence-electron chi connectivity index (χ3n) is 1.90. The maximum atomic E-state index is 10.4. The fourth-order valence-electron chi connectivity index (χ4n) is 1.21. The van der Waals surface area contributed by atoms with Crippen LogP contribution in [0.5, 0.6) is 11.5 Å². The average Bonchev–Trinajstić information content (AvgIpc) is 2.40. The number of benzene rings is 2. The van der Waals surface area contributed by atoms with Crippen molar-refractivity contribution in [2.45, 2.75) is 13.8 Å². The summed E-state index contributed by atoms with van der Waals surface area (Å²) in [4.78, 5) is 20.8. The van der Waals surface area contributed by atoms with E-state index in [4.69, 9.17) is 9.47 Å². The van der Waals surface area contributed by atoms with Crippen LogP contribution in [0.25, 0.3) is 0 Å². The molecule has 0 aliphatic heterocycles. The van der Waals surface area contributed by atoms with E-state index in [-0.39, 0.29) is 44.6 Å². The van der Waals surface area contributed by atoms with E-state index in [1.807, 2.05) is 0 Å². The minimum Gasteiger partial charge on any atom is -0.453 e. The SMILES string of the molecule is CC(=O)Oc1cc[c-]cc1.CC(=O)Oc1cc[c-]cc1.[Y]. The summed E-state index contributed by atoms with van der Waals surface area (Å²) in [5.74, 6) is 0.523. The molecule has 0 aliphatic carbocycles. The monoisotopic (exact) mass is 359 g/mol. The van der Waals surface area contributed by atoms with Gasteiger partial charge in [-0.2, -0.15) is 36.4 Å². The van der Waals surface area contributed by atoms with Crippen molar-refractivity contribution in [2.75, 3.05) is 0 Å². The Bertz CT molecular complexity index is 489. The van der Waals surface area contributed by atoms with Crippen LogP contribution < -0.4 is 9.47 Å². The summed E-state index contributed by atoms with van der Waals surface area (Å²) >= 11 is 0. The molecule has 0 saturated carbocycles. The van der Waals surface area contributed by atoms with Crippen molar-refractivity contribution in [1.29, 1.82) is 0 Å². The van der Waals surface area contributed by atoms with Crippen LogP contribution in [0.1, 0.15) is 13.8 Å². The predicted molar refractivity (Wildman–Crippen MR) is 73.2 cm³/mol. The second-order valence-electron chi connectivity index (χ2n) is 3.66. The Morgan fingerprint density at radius 1 is 0.762 bits per heavy atom. The zero-order valence-electron chi connectivity index (χ0n) is 11.8. The van der Waals surface area contributed by atoms with E-state index >= 15 is 0 Å². The second kappa shape index (κ2) is 11.2. The molecule has 0 amide bonds. The van der Waals surface area contributed by atoms with Gasteiger partial charge >= 0.3 is 11.9 Å². The molecule has 5 heteroatoms. The van der Waals surface area contributed by atoms with Crippen LogP contribution in [-0.4, -0.2) is 11.9 Å². The molecule has 0 heterocycles. The van der Waals surface area contributed by atoms with Gasteiger partial charge in [0.15, 0.2) is 0 Å². The quantitative estimate of drug-likeness (QED) is 0.470. The molecule has 0 atom stereocenters. The van der Waals surface area contributed by atoms with Gasteiger partial charge in [-0.15, -0.1) is 24.3 Å². The zero-order chi connectivity index (χ0) is 14.8. The number of carbonyl (C=O) groups excluding carboxylic acids is 2. The van der Waals surface area contributed by atoms with Gasteiger partial charge in [0.1, 0.15) is 0 Å². The Morgan fingerprint density at radius 2 is 1.05 bits per heavy atom. The maximum Gasteiger partial charge on any atom is 0.305 e. The number of carbonyl (C=O) groups is 2. The summed E-state index contributed by atoms with van der Waals surface area (Å²) in [5, 5.41) is 0. The van der Waals surface area contributed by atoms with Gasteiger partial charge < -0.3 is 9.47 Å². The molecule has 4 nitrogen and oxygen atoms in total. The molecule has 1 radical (unpaired) electrons. The first-order valence-corrected chi connectivity index (χ1v) is 5.87. The Morgan fingerprint density at radius 3 is 1.29 bits per heavy atom. The minimum absolute atomic E-state index is 0. The average molecular weight is 359 g/mol. The fraction of sp³-hybridized carbons (Fsp3) is 0.125. The molecule has 2 aromatic rings. The van der Waals surface area contributed by atoms with Crippen LogP contribution in [0.4, 0.5) is 0 Å². The maximum absolute atomic E-state index is 10.4. The van der Waals surface area contributed by atoms with Crippen molar-refractivity contribution in [3.63, 3.8) is 0 Å². The number of esters is 2. The molecule has 107 valence electrons. The molecular weight excluding hydrogens is 345 g/mol. The molecule has 0 fully saturated rings. The van der Waals surface area contributed by atoms with E-state index in [0.717, 1.165) is 0 Å². The van der Waals surface area contributed by atoms with Crippen molar-refractivity contribution in [3.05, 3.63) is 60.7 Å². The standard InChI is InChI=1S/2C8H7O2.Y/c2*1-7(9)10-8-5-3-2-4-6-8;/h2*3-6H,1H3;/q2*-1;. The molecule has 0 unspecified atom stereocenters. The van der Waals surface area contributed by atoms with Crippen LogP contribution in [0.2, 0.25) is 0 Å². The summed E-state index contributed by atoms with van der Waals surface area (Å²) < 4.78 is 9.51. The number of ether oxygens (including phenoxy) is 2. The molecule has 21 heavy (non-hydrogen) atoms. The van der Waals surface area contributed by atoms with Crippen LogP contribution in [0.15, 0.2) is 48.5 Å². The third kappa shape index (κ3) is 9.94. The number of hydrogen-bond acceptors (Lipinski definition) is 4. The molecule has 0 saturated heterocycles. The van der Waals surface area contributed by atoms with Gasteiger partial charge in [-0.25, -0.2) is 0 Å². The second-order valence-corrected chi connectivity index (χ2v) is 3.66. The van der Waals surface area contributed by atoms with E-state index in [9.17, 15) is 9.59 Å². The molecule has 2 rings (SSSR count). The molecule has 2 aromatic carbocycles. The predicted octanol–water partition coefficient (Wildman–Crippen LogP) is 2.82. The molecule has 0 spiro atoms. The normalized spacial score (nSPS) is 8.48. The first-order chi connectivity index (χ1) is 9.58. The Hall–Kier alpha value is -1.52. The largest absolute Gasteiger partial charge is 0.453 e. The van der Waals surface area contributed by atoms with Gasteiger partial charge in [0.2, 0.25) is 0 Å². The van der Waals surface area contributed by atoms with Crippen molar-refractivity contribution in [1.82, 2.24) is 0 Å². The first kappa shape index (κ1) is 19.5. The van der Waals surface area contributed by atoms with Crippen molar-refractivity contribution in [3.8, 4) is 11.5 Å². The van der Waals surface area contributed by atoms with Gasteiger partial charge in [-0.3, -0.25) is 9.59 Å². The summed E-state index contributed by atoms with van der Waals surface area (Å²) in [6, 6.07) is 19.1. The fourth-order valence-corrected chi connectivity index (χ4v) is 1.21. The molecule has 0 aliphatic rings. The summed E-state index contributed by atoms with van der Waals surface area (Å²) in [6.07, 6.45) is 0. The van der Waals surface area contributed by atoms with Gasteiger partial charge in [-0.05, 0) is 0 Å². The van der Waals surface area contributed by atoms with Crippen LogP contribution in [0.3, 0.4) is 0 Å². The van der Waals surface area contributed by atoms with Crippen molar-refractivity contribution >= 4 is 11.9 Å². The molecule has 0 bridgehead atoms. The van der Waals surface area contributed by atoms with E-state index < -0.39 is 0 Å². The van der Waals surface area contributed by atoms with E-state index in [1.54, 1.807) is 48.5 Å². The Kier molecular flexibility index (Phi) is 10.4. The minimum atomic E-state index is -0.300. The van der Waals surface area contributed by atoms with E-state index in [2.05, 4.69) is 12.1 Å². The Balaban J connectivity index is 0.000000364. The van der Waals surface area contributed by atoms with Crippen LogP contribution in [-0.2, 0) is 42.3 Å². The molecule has 0 N–H and O–H groups in total. The smallest absolute Gasteiger partial charge is 0.305 e. The van der Waals surface area contributed by atoms with Crippen molar-refractivity contribution < 1.29 is 51.8 Å². The van der Waals surface area contributed by atoms with Crippen molar-refractivity contribution in [2.24, 2.45) is 0 Å². The van der Waals surface area contributed by atoms with Gasteiger partial charge in [0, 0.05) is 58.1 Å². The van der Waals surface area contributed by atoms with Gasteiger partial charge in [0.25, 0.3) is 0 Å². The molecular formula is C16H14O4Y-2. The van der Waals surface area contributed by atoms with E-state index in [0.29, 0.717) is 11.5 Å². The van der Waals surface area contributed by atoms with E-state index in [1.165, 1.54) is 13.8 Å². The van der Waals surface area contributed by atoms with Gasteiger partial charge in [0.05, 0.1) is 0 Å². The Labute approximate surface area is 149 Å².